The first-order valence-electron chi connectivity index (χ1n) is 4.56. The molecular formula is C9H10N4S2. The molecule has 6 heteroatoms. The SMILES string of the molecule is CS/C(=N/c1nc(C2CC2)cs1)NC#N. The van der Waals surface area contributed by atoms with Crippen LogP contribution in [-0.2, 0) is 0 Å². The number of amidine groups is 1. The van der Waals surface area contributed by atoms with Crippen molar-refractivity contribution in [2.75, 3.05) is 6.26 Å². The molecule has 1 aromatic heterocycles. The molecule has 0 aliphatic heterocycles. The minimum atomic E-state index is 0.592. The Balaban J connectivity index is 2.11. The third kappa shape index (κ3) is 2.70. The molecule has 0 atom stereocenters. The Labute approximate surface area is 96.4 Å². The molecule has 0 spiro atoms. The normalized spacial score (nSPS) is 16.1. The molecule has 1 aromatic rings. The lowest BCUT2D eigenvalue weighted by Gasteiger charge is -1.95. The van der Waals surface area contributed by atoms with Crippen LogP contribution < -0.4 is 5.32 Å². The highest BCUT2D eigenvalue weighted by Crippen LogP contribution is 2.41. The van der Waals surface area contributed by atoms with Gasteiger partial charge in [0.1, 0.15) is 0 Å². The first kappa shape index (κ1) is 10.5. The van der Waals surface area contributed by atoms with Crippen LogP contribution >= 0.6 is 23.1 Å². The first-order chi connectivity index (χ1) is 7.33. The van der Waals surface area contributed by atoms with Gasteiger partial charge in [-0.05, 0) is 19.1 Å². The molecule has 78 valence electrons. The van der Waals surface area contributed by atoms with Crippen LogP contribution in [0.25, 0.3) is 0 Å². The van der Waals surface area contributed by atoms with Gasteiger partial charge in [0, 0.05) is 11.3 Å². The lowest BCUT2D eigenvalue weighted by atomic mass is 10.3. The Hall–Kier alpha value is -1.06. The first-order valence-corrected chi connectivity index (χ1v) is 6.67. The van der Waals surface area contributed by atoms with Crippen molar-refractivity contribution >= 4 is 33.4 Å². The maximum atomic E-state index is 8.48. The van der Waals surface area contributed by atoms with E-state index in [9.17, 15) is 0 Å². The van der Waals surface area contributed by atoms with Crippen LogP contribution in [0.1, 0.15) is 24.5 Å². The zero-order valence-corrected chi connectivity index (χ0v) is 9.86. The summed E-state index contributed by atoms with van der Waals surface area (Å²) >= 11 is 2.93. The predicted molar refractivity (Wildman–Crippen MR) is 63.4 cm³/mol. The molecule has 1 aliphatic carbocycles. The van der Waals surface area contributed by atoms with E-state index in [1.807, 2.05) is 12.4 Å². The van der Waals surface area contributed by atoms with Crippen molar-refractivity contribution in [1.29, 1.82) is 5.26 Å². The third-order valence-electron chi connectivity index (χ3n) is 2.06. The summed E-state index contributed by atoms with van der Waals surface area (Å²) in [4.78, 5) is 8.66. The fraction of sp³-hybridized carbons (Fsp3) is 0.444. The number of nitrogens with one attached hydrogen (secondary N) is 1. The molecule has 0 amide bonds. The number of rotatable bonds is 2. The molecule has 1 saturated carbocycles. The van der Waals surface area contributed by atoms with Crippen molar-refractivity contribution in [3.05, 3.63) is 11.1 Å². The second-order valence-electron chi connectivity index (χ2n) is 3.19. The Morgan fingerprint density at radius 1 is 1.80 bits per heavy atom. The fourth-order valence-corrected chi connectivity index (χ4v) is 2.31. The third-order valence-corrected chi connectivity index (χ3v) is 3.39. The van der Waals surface area contributed by atoms with Crippen LogP contribution in [0.2, 0.25) is 0 Å². The van der Waals surface area contributed by atoms with E-state index in [0.29, 0.717) is 11.1 Å². The average molecular weight is 238 g/mol. The van der Waals surface area contributed by atoms with Gasteiger partial charge >= 0.3 is 0 Å². The molecule has 1 aliphatic rings. The molecule has 0 unspecified atom stereocenters. The van der Waals surface area contributed by atoms with E-state index in [1.54, 1.807) is 0 Å². The fourth-order valence-electron chi connectivity index (χ4n) is 1.15. The highest BCUT2D eigenvalue weighted by molar-refractivity contribution is 8.13. The van der Waals surface area contributed by atoms with Crippen molar-refractivity contribution in [3.8, 4) is 6.19 Å². The summed E-state index contributed by atoms with van der Waals surface area (Å²) in [7, 11) is 0. The van der Waals surface area contributed by atoms with Crippen LogP contribution in [0.4, 0.5) is 5.13 Å². The lowest BCUT2D eigenvalue weighted by molar-refractivity contribution is 1.05. The molecule has 0 bridgehead atoms. The van der Waals surface area contributed by atoms with Crippen LogP contribution in [0.3, 0.4) is 0 Å². The number of thioether (sulfide) groups is 1. The Bertz CT molecular complexity index is 414. The van der Waals surface area contributed by atoms with Crippen molar-refractivity contribution in [2.45, 2.75) is 18.8 Å². The molecule has 1 heterocycles. The van der Waals surface area contributed by atoms with Crippen LogP contribution in [0.5, 0.6) is 0 Å². The van der Waals surface area contributed by atoms with Crippen LogP contribution in [-0.4, -0.2) is 16.4 Å². The van der Waals surface area contributed by atoms with E-state index >= 15 is 0 Å². The van der Waals surface area contributed by atoms with E-state index in [-0.39, 0.29) is 0 Å². The van der Waals surface area contributed by atoms with Crippen molar-refractivity contribution in [3.63, 3.8) is 0 Å². The monoisotopic (exact) mass is 238 g/mol. The van der Waals surface area contributed by atoms with Gasteiger partial charge in [0.25, 0.3) is 0 Å². The number of thiazole rings is 1. The second kappa shape index (κ2) is 4.64. The number of nitriles is 1. The van der Waals surface area contributed by atoms with Crippen molar-refractivity contribution in [2.24, 2.45) is 4.99 Å². The van der Waals surface area contributed by atoms with Crippen LogP contribution in [0.15, 0.2) is 10.4 Å². The summed E-state index contributed by atoms with van der Waals surface area (Å²) in [5.74, 6) is 0.659. The second-order valence-corrected chi connectivity index (χ2v) is 4.82. The Kier molecular flexibility index (Phi) is 3.23. The Morgan fingerprint density at radius 2 is 2.60 bits per heavy atom. The van der Waals surface area contributed by atoms with E-state index < -0.39 is 0 Å². The van der Waals surface area contributed by atoms with Gasteiger partial charge in [0.2, 0.25) is 5.13 Å². The molecule has 0 aromatic carbocycles. The maximum absolute atomic E-state index is 8.48. The largest absolute Gasteiger partial charge is 0.271 e. The molecular weight excluding hydrogens is 228 g/mol. The van der Waals surface area contributed by atoms with Crippen LogP contribution in [0, 0.1) is 11.5 Å². The minimum absolute atomic E-state index is 0.592. The van der Waals surface area contributed by atoms with E-state index in [4.69, 9.17) is 5.26 Å². The van der Waals surface area contributed by atoms with Gasteiger partial charge in [-0.15, -0.1) is 11.3 Å². The van der Waals surface area contributed by atoms with Crippen molar-refractivity contribution < 1.29 is 0 Å². The standard InChI is InChI=1S/C9H10N4S2/c1-14-8(11-5-10)13-9-12-7(4-15-9)6-2-3-6/h4,6H,2-3H2,1H3,(H,11,12,13). The quantitative estimate of drug-likeness (QED) is 0.372. The zero-order chi connectivity index (χ0) is 10.7. The highest BCUT2D eigenvalue weighted by atomic mass is 32.2. The number of aromatic nitrogens is 1. The molecule has 1 fully saturated rings. The molecule has 4 nitrogen and oxygen atoms in total. The minimum Gasteiger partial charge on any atom is -0.271 e. The molecule has 1 N–H and O–H groups in total. The van der Waals surface area contributed by atoms with Gasteiger partial charge in [-0.1, -0.05) is 11.8 Å². The van der Waals surface area contributed by atoms with E-state index in [1.165, 1.54) is 35.9 Å². The summed E-state index contributed by atoms with van der Waals surface area (Å²) in [5.41, 5.74) is 1.15. The smallest absolute Gasteiger partial charge is 0.211 e. The number of aliphatic imine (C=N–C) groups is 1. The average Bonchev–Trinajstić information content (AvgIpc) is 2.99. The van der Waals surface area contributed by atoms with Gasteiger partial charge in [0.05, 0.1) is 5.69 Å². The number of nitrogens with zero attached hydrogens (tertiary/aromatic N) is 3. The van der Waals surface area contributed by atoms with Gasteiger partial charge in [-0.2, -0.15) is 10.3 Å². The molecule has 0 saturated heterocycles. The van der Waals surface area contributed by atoms with Gasteiger partial charge in [0.15, 0.2) is 11.4 Å². The highest BCUT2D eigenvalue weighted by Gasteiger charge is 2.25. The summed E-state index contributed by atoms with van der Waals surface area (Å²) < 4.78 is 0. The number of hydrogen-bond donors (Lipinski definition) is 1. The van der Waals surface area contributed by atoms with E-state index in [0.717, 1.165) is 10.8 Å². The van der Waals surface area contributed by atoms with Gasteiger partial charge < -0.3 is 0 Å². The zero-order valence-electron chi connectivity index (χ0n) is 8.23. The van der Waals surface area contributed by atoms with Crippen molar-refractivity contribution in [1.82, 2.24) is 10.3 Å². The number of hydrogen-bond acceptors (Lipinski definition) is 5. The molecule has 2 rings (SSSR count). The summed E-state index contributed by atoms with van der Waals surface area (Å²) in [5, 5.41) is 14.4. The summed E-state index contributed by atoms with van der Waals surface area (Å²) in [6.07, 6.45) is 6.23. The predicted octanol–water partition coefficient (Wildman–Crippen LogP) is 2.44. The van der Waals surface area contributed by atoms with Gasteiger partial charge in [-0.3, -0.25) is 5.32 Å². The molecule has 0 radical (unpaired) electrons. The summed E-state index contributed by atoms with van der Waals surface area (Å²) in [6, 6.07) is 0. The maximum Gasteiger partial charge on any atom is 0.211 e. The van der Waals surface area contributed by atoms with E-state index in [2.05, 4.69) is 20.7 Å². The van der Waals surface area contributed by atoms with Gasteiger partial charge in [-0.25, -0.2) is 4.98 Å². The molecule has 15 heavy (non-hydrogen) atoms. The lowest BCUT2D eigenvalue weighted by Crippen LogP contribution is -2.12. The Morgan fingerprint density at radius 3 is 3.20 bits per heavy atom. The topological polar surface area (TPSA) is 61.1 Å². The summed E-state index contributed by atoms with van der Waals surface area (Å²) in [6.45, 7) is 0.